The minimum Gasteiger partial charge on any atom is -0.467 e. The van der Waals surface area contributed by atoms with Gasteiger partial charge in [0.05, 0.1) is 12.9 Å². The van der Waals surface area contributed by atoms with E-state index in [9.17, 15) is 9.59 Å². The van der Waals surface area contributed by atoms with E-state index in [1.54, 1.807) is 11.0 Å². The number of fused-ring (bicyclic) bond motifs is 1. The van der Waals surface area contributed by atoms with Crippen molar-refractivity contribution in [2.24, 2.45) is 0 Å². The molecule has 0 fully saturated rings. The Kier molecular flexibility index (Phi) is 5.41. The summed E-state index contributed by atoms with van der Waals surface area (Å²) >= 11 is 1.21. The third kappa shape index (κ3) is 3.96. The van der Waals surface area contributed by atoms with Crippen molar-refractivity contribution in [2.45, 2.75) is 31.1 Å². The van der Waals surface area contributed by atoms with E-state index in [0.29, 0.717) is 23.9 Å². The molecule has 1 aliphatic heterocycles. The van der Waals surface area contributed by atoms with Gasteiger partial charge < -0.3 is 15.4 Å². The number of hydrogen-bond donors (Lipinski definition) is 1. The third-order valence-corrected chi connectivity index (χ3v) is 5.05. The van der Waals surface area contributed by atoms with Crippen molar-refractivity contribution in [1.82, 2.24) is 14.9 Å². The maximum atomic E-state index is 12.8. The number of esters is 1. The van der Waals surface area contributed by atoms with E-state index in [4.69, 9.17) is 10.5 Å². The first-order valence-electron chi connectivity index (χ1n) is 8.16. The first-order valence-corrected chi connectivity index (χ1v) is 9.14. The van der Waals surface area contributed by atoms with Crippen molar-refractivity contribution in [2.75, 3.05) is 18.6 Å². The summed E-state index contributed by atoms with van der Waals surface area (Å²) in [7, 11) is 1.34. The lowest BCUT2D eigenvalue weighted by Crippen LogP contribution is -2.49. The normalized spacial score (nSPS) is 16.1. The van der Waals surface area contributed by atoms with Gasteiger partial charge in [-0.2, -0.15) is 0 Å². The minimum absolute atomic E-state index is 0.124. The molecule has 0 unspecified atom stereocenters. The number of nitrogen functional groups attached to an aromatic ring is 1. The van der Waals surface area contributed by atoms with Crippen LogP contribution in [0.25, 0.3) is 0 Å². The fraction of sp³-hybridized carbons (Fsp3) is 0.333. The number of carbonyl (C=O) groups is 2. The number of anilines is 1. The van der Waals surface area contributed by atoms with Crippen LogP contribution >= 0.6 is 11.8 Å². The molecule has 0 saturated heterocycles. The molecule has 1 aromatic heterocycles. The molecule has 2 N–H and O–H groups in total. The quantitative estimate of drug-likeness (QED) is 0.494. The van der Waals surface area contributed by atoms with Gasteiger partial charge in [0.15, 0.2) is 5.16 Å². The SMILES string of the molecule is COC(=O)[C@@H]1Cc2ccccc2CN1C(=O)CSc1nc(C)cc(N)n1. The van der Waals surface area contributed by atoms with Gasteiger partial charge in [-0.3, -0.25) is 4.79 Å². The number of methoxy groups -OCH3 is 1. The Morgan fingerprint density at radius 2 is 2.04 bits per heavy atom. The molecule has 7 nitrogen and oxygen atoms in total. The number of benzene rings is 1. The van der Waals surface area contributed by atoms with Crippen LogP contribution < -0.4 is 5.73 Å². The fourth-order valence-corrected chi connectivity index (χ4v) is 3.77. The number of amides is 1. The molecule has 1 aliphatic rings. The zero-order chi connectivity index (χ0) is 18.7. The Morgan fingerprint density at radius 3 is 2.73 bits per heavy atom. The topological polar surface area (TPSA) is 98.4 Å². The predicted molar refractivity (Wildman–Crippen MR) is 98.4 cm³/mol. The van der Waals surface area contributed by atoms with Gasteiger partial charge in [-0.25, -0.2) is 14.8 Å². The van der Waals surface area contributed by atoms with Crippen molar-refractivity contribution in [1.29, 1.82) is 0 Å². The first kappa shape index (κ1) is 18.2. The Hall–Kier alpha value is -2.61. The molecule has 0 radical (unpaired) electrons. The summed E-state index contributed by atoms with van der Waals surface area (Å²) in [5.41, 5.74) is 8.57. The summed E-state index contributed by atoms with van der Waals surface area (Å²) in [5, 5.41) is 0.447. The van der Waals surface area contributed by atoms with Crippen LogP contribution in [0.3, 0.4) is 0 Å². The summed E-state index contributed by atoms with van der Waals surface area (Å²) < 4.78 is 4.90. The lowest BCUT2D eigenvalue weighted by molar-refractivity contribution is -0.153. The Labute approximate surface area is 156 Å². The van der Waals surface area contributed by atoms with E-state index in [0.717, 1.165) is 16.8 Å². The lowest BCUT2D eigenvalue weighted by Gasteiger charge is -2.35. The monoisotopic (exact) mass is 372 g/mol. The molecular weight excluding hydrogens is 352 g/mol. The van der Waals surface area contributed by atoms with Gasteiger partial charge in [0, 0.05) is 24.7 Å². The molecule has 26 heavy (non-hydrogen) atoms. The van der Waals surface area contributed by atoms with Crippen LogP contribution in [0, 0.1) is 6.92 Å². The van der Waals surface area contributed by atoms with Gasteiger partial charge in [-0.05, 0) is 18.1 Å². The van der Waals surface area contributed by atoms with Gasteiger partial charge in [-0.1, -0.05) is 36.0 Å². The van der Waals surface area contributed by atoms with Crippen molar-refractivity contribution >= 4 is 29.5 Å². The van der Waals surface area contributed by atoms with Crippen molar-refractivity contribution < 1.29 is 14.3 Å². The van der Waals surface area contributed by atoms with Gasteiger partial charge in [-0.15, -0.1) is 0 Å². The predicted octanol–water partition coefficient (Wildman–Crippen LogP) is 1.59. The van der Waals surface area contributed by atoms with Gasteiger partial charge in [0.1, 0.15) is 11.9 Å². The van der Waals surface area contributed by atoms with Gasteiger partial charge >= 0.3 is 5.97 Å². The lowest BCUT2D eigenvalue weighted by atomic mass is 9.94. The second-order valence-electron chi connectivity index (χ2n) is 6.04. The number of hydrogen-bond acceptors (Lipinski definition) is 7. The number of aromatic nitrogens is 2. The van der Waals surface area contributed by atoms with E-state index >= 15 is 0 Å². The van der Waals surface area contributed by atoms with E-state index in [-0.39, 0.29) is 11.7 Å². The molecule has 8 heteroatoms. The number of carbonyl (C=O) groups excluding carboxylic acids is 2. The molecule has 1 aromatic carbocycles. The zero-order valence-electron chi connectivity index (χ0n) is 14.6. The van der Waals surface area contributed by atoms with Crippen molar-refractivity contribution in [3.8, 4) is 0 Å². The summed E-state index contributed by atoms with van der Waals surface area (Å²) in [4.78, 5) is 34.9. The Morgan fingerprint density at radius 1 is 1.31 bits per heavy atom. The highest BCUT2D eigenvalue weighted by molar-refractivity contribution is 7.99. The average molecular weight is 372 g/mol. The summed E-state index contributed by atoms with van der Waals surface area (Å²) in [5.74, 6) is -0.0808. The minimum atomic E-state index is -0.619. The largest absolute Gasteiger partial charge is 0.467 e. The second-order valence-corrected chi connectivity index (χ2v) is 6.98. The molecule has 136 valence electrons. The van der Waals surface area contributed by atoms with E-state index in [1.165, 1.54) is 18.9 Å². The van der Waals surface area contributed by atoms with Crippen LogP contribution in [0.4, 0.5) is 5.82 Å². The molecule has 2 heterocycles. The molecule has 0 saturated carbocycles. The fourth-order valence-electron chi connectivity index (χ4n) is 2.97. The second kappa shape index (κ2) is 7.74. The van der Waals surface area contributed by atoms with Gasteiger partial charge in [0.2, 0.25) is 5.91 Å². The van der Waals surface area contributed by atoms with Crippen LogP contribution in [0.1, 0.15) is 16.8 Å². The number of thioether (sulfide) groups is 1. The number of rotatable bonds is 4. The highest BCUT2D eigenvalue weighted by Gasteiger charge is 2.35. The maximum absolute atomic E-state index is 12.8. The Bertz CT molecular complexity index is 823. The molecular formula is C18H20N4O3S. The Balaban J connectivity index is 1.76. The van der Waals surface area contributed by atoms with Crippen LogP contribution in [-0.4, -0.2) is 45.6 Å². The van der Waals surface area contributed by atoms with Gasteiger partial charge in [0.25, 0.3) is 0 Å². The first-order chi connectivity index (χ1) is 12.5. The molecule has 0 bridgehead atoms. The summed E-state index contributed by atoms with van der Waals surface area (Å²) in [6.07, 6.45) is 0.452. The highest BCUT2D eigenvalue weighted by Crippen LogP contribution is 2.25. The van der Waals surface area contributed by atoms with E-state index in [1.807, 2.05) is 31.2 Å². The third-order valence-electron chi connectivity index (χ3n) is 4.22. The summed E-state index contributed by atoms with van der Waals surface area (Å²) in [6.45, 7) is 2.20. The molecule has 2 aromatic rings. The van der Waals surface area contributed by atoms with E-state index in [2.05, 4.69) is 9.97 Å². The number of aryl methyl sites for hydroxylation is 1. The maximum Gasteiger partial charge on any atom is 0.328 e. The highest BCUT2D eigenvalue weighted by atomic mass is 32.2. The number of nitrogens with two attached hydrogens (primary N) is 1. The number of ether oxygens (including phenoxy) is 1. The van der Waals surface area contributed by atoms with Crippen molar-refractivity contribution in [3.05, 3.63) is 47.2 Å². The zero-order valence-corrected chi connectivity index (χ0v) is 15.5. The molecule has 0 aliphatic carbocycles. The average Bonchev–Trinajstić information content (AvgIpc) is 2.63. The van der Waals surface area contributed by atoms with Crippen LogP contribution in [0.5, 0.6) is 0 Å². The standard InChI is InChI=1S/C18H20N4O3S/c1-11-7-15(19)21-18(20-11)26-10-16(23)22-9-13-6-4-3-5-12(13)8-14(22)17(24)25-2/h3-7,14H,8-10H2,1-2H3,(H2,19,20,21)/t14-/m0/s1. The molecule has 1 amide bonds. The van der Waals surface area contributed by atoms with Crippen LogP contribution in [-0.2, 0) is 27.3 Å². The summed E-state index contributed by atoms with van der Waals surface area (Å²) in [6, 6.07) is 8.86. The molecule has 0 spiro atoms. The van der Waals surface area contributed by atoms with Crippen molar-refractivity contribution in [3.63, 3.8) is 0 Å². The van der Waals surface area contributed by atoms with E-state index < -0.39 is 12.0 Å². The molecule has 3 rings (SSSR count). The van der Waals surface area contributed by atoms with Crippen LogP contribution in [0.15, 0.2) is 35.5 Å². The van der Waals surface area contributed by atoms with Crippen LogP contribution in [0.2, 0.25) is 0 Å². The molecule has 1 atom stereocenters. The smallest absolute Gasteiger partial charge is 0.328 e. The number of nitrogens with zero attached hydrogens (tertiary/aromatic N) is 3.